The Balaban J connectivity index is 1.67. The van der Waals surface area contributed by atoms with E-state index in [4.69, 9.17) is 5.11 Å². The van der Waals surface area contributed by atoms with Gasteiger partial charge in [-0.3, -0.25) is 10.2 Å². The maximum Gasteiger partial charge on any atom is 0.409 e. The number of hydrogen-bond acceptors (Lipinski definition) is 2. The molecule has 1 heterocycles. The minimum atomic E-state index is -1.02. The lowest BCUT2D eigenvalue weighted by atomic mass is 9.90. The first-order valence-electron chi connectivity index (χ1n) is 8.07. The summed E-state index contributed by atoms with van der Waals surface area (Å²) in [4.78, 5) is 13.3. The zero-order valence-electron chi connectivity index (χ0n) is 13.1. The molecule has 2 aromatic rings. The first-order chi connectivity index (χ1) is 11.2. The number of likely N-dealkylation sites (tertiary alicyclic amines) is 1. The molecule has 4 heteroatoms. The van der Waals surface area contributed by atoms with Gasteiger partial charge in [-0.2, -0.15) is 0 Å². The summed E-state index contributed by atoms with van der Waals surface area (Å²) in [7, 11) is 0. The van der Waals surface area contributed by atoms with Gasteiger partial charge >= 0.3 is 6.09 Å². The Bertz CT molecular complexity index is 657. The van der Waals surface area contributed by atoms with Gasteiger partial charge in [-0.15, -0.1) is 0 Å². The van der Waals surface area contributed by atoms with Crippen LogP contribution in [-0.2, 0) is 6.54 Å². The second-order valence-electron chi connectivity index (χ2n) is 6.12. The average molecular weight is 310 g/mol. The van der Waals surface area contributed by atoms with E-state index in [0.29, 0.717) is 11.6 Å². The second kappa shape index (κ2) is 7.29. The fourth-order valence-electron chi connectivity index (χ4n) is 3.31. The SMILES string of the molecule is O=C(O)Nc1cccc(C2CCCN(Cc3ccccc3)C2)c1. The highest BCUT2D eigenvalue weighted by Gasteiger charge is 2.21. The van der Waals surface area contributed by atoms with Crippen LogP contribution >= 0.6 is 0 Å². The fraction of sp³-hybridized carbons (Fsp3) is 0.316. The number of piperidine rings is 1. The van der Waals surface area contributed by atoms with Gasteiger partial charge < -0.3 is 5.11 Å². The summed E-state index contributed by atoms with van der Waals surface area (Å²) in [6, 6.07) is 18.3. The molecule has 1 saturated heterocycles. The van der Waals surface area contributed by atoms with Gasteiger partial charge in [0.25, 0.3) is 0 Å². The summed E-state index contributed by atoms with van der Waals surface area (Å²) in [5.74, 6) is 0.461. The van der Waals surface area contributed by atoms with Crippen molar-refractivity contribution in [1.29, 1.82) is 0 Å². The predicted molar refractivity (Wildman–Crippen MR) is 91.8 cm³/mol. The molecule has 0 radical (unpaired) electrons. The molecule has 1 atom stereocenters. The van der Waals surface area contributed by atoms with E-state index in [1.54, 1.807) is 6.07 Å². The lowest BCUT2D eigenvalue weighted by molar-refractivity contribution is 0.200. The summed E-state index contributed by atoms with van der Waals surface area (Å²) < 4.78 is 0. The van der Waals surface area contributed by atoms with Crippen LogP contribution in [0.2, 0.25) is 0 Å². The summed E-state index contributed by atoms with van der Waals surface area (Å²) in [5, 5.41) is 11.3. The number of rotatable bonds is 4. The fourth-order valence-corrected chi connectivity index (χ4v) is 3.31. The van der Waals surface area contributed by atoms with Gasteiger partial charge in [0.1, 0.15) is 0 Å². The van der Waals surface area contributed by atoms with Crippen molar-refractivity contribution in [3.8, 4) is 0 Å². The molecule has 1 aliphatic rings. The largest absolute Gasteiger partial charge is 0.465 e. The third-order valence-electron chi connectivity index (χ3n) is 4.36. The summed E-state index contributed by atoms with van der Waals surface area (Å²) >= 11 is 0. The normalized spacial score (nSPS) is 18.5. The Kier molecular flexibility index (Phi) is 4.93. The molecule has 120 valence electrons. The maximum absolute atomic E-state index is 10.8. The Morgan fingerprint density at radius 2 is 2.00 bits per heavy atom. The highest BCUT2D eigenvalue weighted by Crippen LogP contribution is 2.29. The van der Waals surface area contributed by atoms with Crippen molar-refractivity contribution in [2.45, 2.75) is 25.3 Å². The van der Waals surface area contributed by atoms with E-state index in [1.165, 1.54) is 17.5 Å². The van der Waals surface area contributed by atoms with E-state index in [1.807, 2.05) is 18.2 Å². The van der Waals surface area contributed by atoms with Crippen molar-refractivity contribution in [2.24, 2.45) is 0 Å². The number of carboxylic acid groups (broad SMARTS) is 1. The molecule has 0 aliphatic carbocycles. The third-order valence-corrected chi connectivity index (χ3v) is 4.36. The smallest absolute Gasteiger partial charge is 0.409 e. The van der Waals surface area contributed by atoms with E-state index in [-0.39, 0.29) is 0 Å². The first-order valence-corrected chi connectivity index (χ1v) is 8.07. The minimum absolute atomic E-state index is 0.461. The van der Waals surface area contributed by atoms with Crippen molar-refractivity contribution in [3.05, 3.63) is 65.7 Å². The molecule has 1 aliphatic heterocycles. The van der Waals surface area contributed by atoms with E-state index in [9.17, 15) is 4.79 Å². The maximum atomic E-state index is 10.8. The van der Waals surface area contributed by atoms with Crippen LogP contribution in [0.5, 0.6) is 0 Å². The average Bonchev–Trinajstić information content (AvgIpc) is 2.56. The molecule has 0 aromatic heterocycles. The molecule has 1 unspecified atom stereocenters. The van der Waals surface area contributed by atoms with Crippen LogP contribution in [0.1, 0.15) is 29.9 Å². The zero-order valence-corrected chi connectivity index (χ0v) is 13.1. The number of amides is 1. The van der Waals surface area contributed by atoms with Crippen molar-refractivity contribution in [3.63, 3.8) is 0 Å². The van der Waals surface area contributed by atoms with Crippen molar-refractivity contribution in [2.75, 3.05) is 18.4 Å². The summed E-state index contributed by atoms with van der Waals surface area (Å²) in [6.07, 6.45) is 1.31. The van der Waals surface area contributed by atoms with Crippen LogP contribution in [-0.4, -0.2) is 29.2 Å². The molecule has 1 fully saturated rings. The van der Waals surface area contributed by atoms with Crippen LogP contribution in [0.15, 0.2) is 54.6 Å². The molecule has 3 rings (SSSR count). The Morgan fingerprint density at radius 3 is 2.78 bits per heavy atom. The molecule has 2 N–H and O–H groups in total. The third kappa shape index (κ3) is 4.33. The Labute approximate surface area is 136 Å². The van der Waals surface area contributed by atoms with E-state index in [2.05, 4.69) is 40.5 Å². The quantitative estimate of drug-likeness (QED) is 0.891. The predicted octanol–water partition coefficient (Wildman–Crippen LogP) is 4.16. The van der Waals surface area contributed by atoms with Crippen LogP contribution < -0.4 is 5.32 Å². The van der Waals surface area contributed by atoms with Crippen molar-refractivity contribution >= 4 is 11.8 Å². The number of carbonyl (C=O) groups is 1. The molecule has 0 bridgehead atoms. The zero-order chi connectivity index (χ0) is 16.1. The monoisotopic (exact) mass is 310 g/mol. The Morgan fingerprint density at radius 1 is 1.17 bits per heavy atom. The molecule has 0 saturated carbocycles. The van der Waals surface area contributed by atoms with Crippen molar-refractivity contribution < 1.29 is 9.90 Å². The lowest BCUT2D eigenvalue weighted by Crippen LogP contribution is -2.33. The molecule has 1 amide bonds. The standard InChI is InChI=1S/C19H22N2O2/c22-19(23)20-18-10-4-8-16(12-18)17-9-5-11-21(14-17)13-15-6-2-1-3-7-15/h1-4,6-8,10,12,17,20H,5,9,11,13-14H2,(H,22,23). The van der Waals surface area contributed by atoms with Crippen LogP contribution in [0.3, 0.4) is 0 Å². The van der Waals surface area contributed by atoms with Crippen molar-refractivity contribution in [1.82, 2.24) is 4.90 Å². The van der Waals surface area contributed by atoms with Gasteiger partial charge in [-0.25, -0.2) is 4.79 Å². The topological polar surface area (TPSA) is 52.6 Å². The van der Waals surface area contributed by atoms with Crippen LogP contribution in [0.4, 0.5) is 10.5 Å². The molecule has 2 aromatic carbocycles. The lowest BCUT2D eigenvalue weighted by Gasteiger charge is -2.33. The molecule has 4 nitrogen and oxygen atoms in total. The highest BCUT2D eigenvalue weighted by atomic mass is 16.4. The summed E-state index contributed by atoms with van der Waals surface area (Å²) in [5.41, 5.74) is 3.21. The van der Waals surface area contributed by atoms with Gasteiger partial charge in [-0.05, 0) is 48.6 Å². The number of nitrogens with one attached hydrogen (secondary N) is 1. The van der Waals surface area contributed by atoms with E-state index >= 15 is 0 Å². The number of anilines is 1. The second-order valence-corrected chi connectivity index (χ2v) is 6.12. The molecular weight excluding hydrogens is 288 g/mol. The van der Waals surface area contributed by atoms with Crippen LogP contribution in [0, 0.1) is 0 Å². The number of nitrogens with zero attached hydrogens (tertiary/aromatic N) is 1. The minimum Gasteiger partial charge on any atom is -0.465 e. The van der Waals surface area contributed by atoms with E-state index < -0.39 is 6.09 Å². The van der Waals surface area contributed by atoms with Gasteiger partial charge in [-0.1, -0.05) is 42.5 Å². The summed E-state index contributed by atoms with van der Waals surface area (Å²) in [6.45, 7) is 3.12. The van der Waals surface area contributed by atoms with Crippen LogP contribution in [0.25, 0.3) is 0 Å². The Hall–Kier alpha value is -2.33. The number of hydrogen-bond donors (Lipinski definition) is 2. The van der Waals surface area contributed by atoms with Gasteiger partial charge in [0.15, 0.2) is 0 Å². The first kappa shape index (κ1) is 15.6. The molecule has 23 heavy (non-hydrogen) atoms. The molecular formula is C19H22N2O2. The molecule has 0 spiro atoms. The van der Waals surface area contributed by atoms with Gasteiger partial charge in [0.2, 0.25) is 0 Å². The van der Waals surface area contributed by atoms with E-state index in [0.717, 1.165) is 26.1 Å². The number of benzene rings is 2. The highest BCUT2D eigenvalue weighted by molar-refractivity contribution is 5.82. The van der Waals surface area contributed by atoms with Gasteiger partial charge in [0, 0.05) is 18.8 Å². The van der Waals surface area contributed by atoms with Gasteiger partial charge in [0.05, 0.1) is 0 Å².